The number of nitrogens with zero attached hydrogens (tertiary/aromatic N) is 1. The molecule has 4 nitrogen and oxygen atoms in total. The summed E-state index contributed by atoms with van der Waals surface area (Å²) in [6, 6.07) is 1.65. The number of carbonyl (C=O) groups excluding carboxylic acids is 1. The quantitative estimate of drug-likeness (QED) is 0.794. The van der Waals surface area contributed by atoms with Crippen LogP contribution in [0.4, 0.5) is 10.2 Å². The fourth-order valence-electron chi connectivity index (χ4n) is 2.72. The van der Waals surface area contributed by atoms with Crippen LogP contribution < -0.4 is 10.6 Å². The lowest BCUT2D eigenvalue weighted by Crippen LogP contribution is -2.38. The van der Waals surface area contributed by atoms with E-state index < -0.39 is 5.82 Å². The minimum absolute atomic E-state index is 0. The number of fused-ring (bicyclic) bond motifs is 1. The van der Waals surface area contributed by atoms with Crippen molar-refractivity contribution in [1.82, 2.24) is 10.3 Å². The minimum Gasteiger partial charge on any atom is -0.309 e. The van der Waals surface area contributed by atoms with Gasteiger partial charge >= 0.3 is 0 Å². The Labute approximate surface area is 131 Å². The molecule has 1 aromatic heterocycles. The third-order valence-electron chi connectivity index (χ3n) is 4.11. The third-order valence-corrected chi connectivity index (χ3v) is 4.66. The number of piperidine rings is 1. The summed E-state index contributed by atoms with van der Waals surface area (Å²) in [6.45, 7) is 3.91. The number of anilines is 1. The van der Waals surface area contributed by atoms with Gasteiger partial charge in [-0.15, -0.1) is 12.4 Å². The Hall–Kier alpha value is -0.720. The summed E-state index contributed by atoms with van der Waals surface area (Å²) in [5, 5.41) is 6.08. The van der Waals surface area contributed by atoms with Crippen LogP contribution in [0.2, 0.25) is 0 Å². The van der Waals surface area contributed by atoms with Gasteiger partial charge in [-0.25, -0.2) is 9.37 Å². The Balaban J connectivity index is 0.00000147. The normalized spacial score (nSPS) is 30.4. The average molecular weight is 365 g/mol. The first-order valence-corrected chi connectivity index (χ1v) is 7.08. The highest BCUT2D eigenvalue weighted by atomic mass is 79.9. The van der Waals surface area contributed by atoms with E-state index in [2.05, 4.69) is 38.5 Å². The van der Waals surface area contributed by atoms with Crippen LogP contribution in [0, 0.1) is 18.2 Å². The largest absolute Gasteiger partial charge is 0.309 e. The van der Waals surface area contributed by atoms with Gasteiger partial charge in [0.15, 0.2) is 5.82 Å². The average Bonchev–Trinajstić information content (AvgIpc) is 2.84. The van der Waals surface area contributed by atoms with E-state index in [-0.39, 0.29) is 34.4 Å². The Morgan fingerprint density at radius 3 is 2.90 bits per heavy atom. The van der Waals surface area contributed by atoms with Crippen LogP contribution in [0.1, 0.15) is 25.3 Å². The molecule has 7 heteroatoms. The van der Waals surface area contributed by atoms with Crippen LogP contribution in [-0.4, -0.2) is 23.0 Å². The third kappa shape index (κ3) is 2.69. The number of halogens is 3. The lowest BCUT2D eigenvalue weighted by molar-refractivity contribution is -0.118. The van der Waals surface area contributed by atoms with Crippen molar-refractivity contribution >= 4 is 40.1 Å². The lowest BCUT2D eigenvalue weighted by atomic mass is 10.0. The standard InChI is InChI=1S/C13H15BrFN3O.ClH/c1-6-3-7(15)10(14)17-11(6)18-12(19)8-4-13(2)5-9(13)16-8;/h3,8-9,16H,4-5H2,1-2H3,(H,17,18,19);1H/t8-,9+,13-;/m0./s1. The number of hydrogen-bond acceptors (Lipinski definition) is 3. The maximum absolute atomic E-state index is 13.3. The smallest absolute Gasteiger partial charge is 0.242 e. The van der Waals surface area contributed by atoms with Crippen molar-refractivity contribution < 1.29 is 9.18 Å². The molecule has 0 spiro atoms. The van der Waals surface area contributed by atoms with Crippen molar-refractivity contribution in [3.8, 4) is 0 Å². The fourth-order valence-corrected chi connectivity index (χ4v) is 3.01. The molecule has 1 amide bonds. The lowest BCUT2D eigenvalue weighted by Gasteiger charge is -2.15. The van der Waals surface area contributed by atoms with E-state index in [1.807, 2.05) is 0 Å². The molecular formula is C13H16BrClFN3O. The summed E-state index contributed by atoms with van der Waals surface area (Å²) >= 11 is 3.03. The summed E-state index contributed by atoms with van der Waals surface area (Å²) in [7, 11) is 0. The highest BCUT2D eigenvalue weighted by molar-refractivity contribution is 9.10. The van der Waals surface area contributed by atoms with Gasteiger partial charge in [-0.05, 0) is 52.7 Å². The van der Waals surface area contributed by atoms with Crippen molar-refractivity contribution in [3.05, 3.63) is 22.1 Å². The van der Waals surface area contributed by atoms with Gasteiger partial charge in [-0.1, -0.05) is 6.92 Å². The number of pyridine rings is 1. The molecule has 3 rings (SSSR count). The SMILES string of the molecule is Cc1cc(F)c(Br)nc1NC(=O)[C@@H]1C[C@@]2(C)C[C@H]2N1.Cl. The molecule has 0 bridgehead atoms. The molecule has 1 aliphatic carbocycles. The van der Waals surface area contributed by atoms with Crippen molar-refractivity contribution in [3.63, 3.8) is 0 Å². The van der Waals surface area contributed by atoms with Crippen LogP contribution in [0.5, 0.6) is 0 Å². The van der Waals surface area contributed by atoms with Gasteiger partial charge in [0.05, 0.1) is 6.04 Å². The number of rotatable bonds is 2. The van der Waals surface area contributed by atoms with E-state index in [1.165, 1.54) is 6.07 Å². The molecule has 110 valence electrons. The number of nitrogens with one attached hydrogen (secondary N) is 2. The van der Waals surface area contributed by atoms with Gasteiger partial charge in [0.25, 0.3) is 0 Å². The van der Waals surface area contributed by atoms with Crippen LogP contribution in [0.3, 0.4) is 0 Å². The highest BCUT2D eigenvalue weighted by Crippen LogP contribution is 2.53. The van der Waals surface area contributed by atoms with E-state index in [0.29, 0.717) is 17.4 Å². The summed E-state index contributed by atoms with van der Waals surface area (Å²) in [5.74, 6) is -0.114. The molecule has 2 fully saturated rings. The first-order valence-electron chi connectivity index (χ1n) is 6.28. The zero-order chi connectivity index (χ0) is 13.8. The van der Waals surface area contributed by atoms with E-state index in [1.54, 1.807) is 6.92 Å². The van der Waals surface area contributed by atoms with Crippen LogP contribution in [0.15, 0.2) is 10.7 Å². The maximum atomic E-state index is 13.3. The molecular weight excluding hydrogens is 349 g/mol. The Morgan fingerprint density at radius 1 is 1.60 bits per heavy atom. The predicted molar refractivity (Wildman–Crippen MR) is 80.6 cm³/mol. The van der Waals surface area contributed by atoms with Gasteiger partial charge in [-0.2, -0.15) is 0 Å². The zero-order valence-corrected chi connectivity index (χ0v) is 13.6. The number of amides is 1. The second-order valence-corrected chi connectivity index (χ2v) is 6.50. The number of hydrogen-bond donors (Lipinski definition) is 2. The molecule has 1 aromatic rings. The summed E-state index contributed by atoms with van der Waals surface area (Å²) in [6.07, 6.45) is 2.00. The molecule has 3 atom stereocenters. The van der Waals surface area contributed by atoms with E-state index in [4.69, 9.17) is 0 Å². The molecule has 0 aromatic carbocycles. The Bertz CT molecular complexity index is 571. The van der Waals surface area contributed by atoms with Gasteiger partial charge in [0.2, 0.25) is 5.91 Å². The predicted octanol–water partition coefficient (Wildman–Crippen LogP) is 2.79. The Kier molecular flexibility index (Phi) is 4.10. The number of aromatic nitrogens is 1. The van der Waals surface area contributed by atoms with E-state index in [9.17, 15) is 9.18 Å². The molecule has 1 aliphatic heterocycles. The van der Waals surface area contributed by atoms with E-state index in [0.717, 1.165) is 12.8 Å². The highest BCUT2D eigenvalue weighted by Gasteiger charge is 2.58. The molecule has 20 heavy (non-hydrogen) atoms. The molecule has 1 saturated carbocycles. The molecule has 2 aliphatic rings. The van der Waals surface area contributed by atoms with Crippen molar-refractivity contribution in [1.29, 1.82) is 0 Å². The van der Waals surface area contributed by atoms with E-state index >= 15 is 0 Å². The second-order valence-electron chi connectivity index (χ2n) is 5.75. The molecule has 1 saturated heterocycles. The summed E-state index contributed by atoms with van der Waals surface area (Å²) < 4.78 is 13.4. The fraction of sp³-hybridized carbons (Fsp3) is 0.538. The maximum Gasteiger partial charge on any atom is 0.242 e. The topological polar surface area (TPSA) is 54.0 Å². The second kappa shape index (κ2) is 5.24. The zero-order valence-electron chi connectivity index (χ0n) is 11.2. The van der Waals surface area contributed by atoms with Gasteiger partial charge < -0.3 is 10.6 Å². The van der Waals surface area contributed by atoms with Gasteiger partial charge in [0, 0.05) is 6.04 Å². The van der Waals surface area contributed by atoms with Crippen LogP contribution >= 0.6 is 28.3 Å². The van der Waals surface area contributed by atoms with Crippen molar-refractivity contribution in [2.45, 2.75) is 38.8 Å². The first-order chi connectivity index (χ1) is 8.89. The number of carbonyl (C=O) groups is 1. The summed E-state index contributed by atoms with van der Waals surface area (Å²) in [4.78, 5) is 16.2. The van der Waals surface area contributed by atoms with Gasteiger partial charge in [-0.3, -0.25) is 4.79 Å². The van der Waals surface area contributed by atoms with Crippen LogP contribution in [-0.2, 0) is 4.79 Å². The molecule has 2 heterocycles. The van der Waals surface area contributed by atoms with Crippen LogP contribution in [0.25, 0.3) is 0 Å². The van der Waals surface area contributed by atoms with Gasteiger partial charge in [0.1, 0.15) is 10.4 Å². The molecule has 0 unspecified atom stereocenters. The van der Waals surface area contributed by atoms with Crippen molar-refractivity contribution in [2.24, 2.45) is 5.41 Å². The summed E-state index contributed by atoms with van der Waals surface area (Å²) in [5.41, 5.74) is 0.900. The Morgan fingerprint density at radius 2 is 2.30 bits per heavy atom. The first kappa shape index (κ1) is 15.7. The van der Waals surface area contributed by atoms with Crippen molar-refractivity contribution in [2.75, 3.05) is 5.32 Å². The molecule has 0 radical (unpaired) electrons. The minimum atomic E-state index is -0.428. The number of aryl methyl sites for hydroxylation is 1. The molecule has 2 N–H and O–H groups in total. The monoisotopic (exact) mass is 363 g/mol.